The summed E-state index contributed by atoms with van der Waals surface area (Å²) in [6, 6.07) is 8.78. The second kappa shape index (κ2) is 9.15. The Balaban J connectivity index is 2.22. The van der Waals surface area contributed by atoms with Crippen LogP contribution in [0.1, 0.15) is 39.2 Å². The van der Waals surface area contributed by atoms with Crippen molar-refractivity contribution in [1.29, 1.82) is 0 Å². The average Bonchev–Trinajstić information content (AvgIpc) is 2.48. The van der Waals surface area contributed by atoms with Crippen LogP contribution < -0.4 is 10.6 Å². The van der Waals surface area contributed by atoms with Gasteiger partial charge in [0, 0.05) is 12.1 Å². The van der Waals surface area contributed by atoms with E-state index < -0.39 is 18.1 Å². The van der Waals surface area contributed by atoms with E-state index in [1.165, 1.54) is 0 Å². The fraction of sp³-hybridized carbons (Fsp3) is 0.529. The Kier molecular flexibility index (Phi) is 7.54. The van der Waals surface area contributed by atoms with Crippen molar-refractivity contribution >= 4 is 12.1 Å². The van der Waals surface area contributed by atoms with E-state index in [0.29, 0.717) is 19.4 Å². The molecule has 0 aromatic heterocycles. The molecule has 0 radical (unpaired) electrons. The third-order valence-electron chi connectivity index (χ3n) is 3.06. The molecule has 1 aromatic rings. The second-order valence-corrected chi connectivity index (χ2v) is 6.42. The SMILES string of the molecule is CC(C)(C)N[C@@H](CCCNC(=O)OCc1ccccc1)C(=O)O. The van der Waals surface area contributed by atoms with Crippen LogP contribution in [0.2, 0.25) is 0 Å². The molecule has 0 unspecified atom stereocenters. The molecule has 1 aromatic carbocycles. The lowest BCUT2D eigenvalue weighted by atomic mass is 10.0. The van der Waals surface area contributed by atoms with Gasteiger partial charge in [-0.3, -0.25) is 10.1 Å². The second-order valence-electron chi connectivity index (χ2n) is 6.42. The molecule has 128 valence electrons. The first-order valence-electron chi connectivity index (χ1n) is 7.73. The minimum atomic E-state index is -0.883. The van der Waals surface area contributed by atoms with E-state index in [9.17, 15) is 14.7 Å². The van der Waals surface area contributed by atoms with Crippen molar-refractivity contribution < 1.29 is 19.4 Å². The minimum absolute atomic E-state index is 0.218. The summed E-state index contributed by atoms with van der Waals surface area (Å²) in [5, 5.41) is 14.9. The van der Waals surface area contributed by atoms with Gasteiger partial charge in [-0.15, -0.1) is 0 Å². The van der Waals surface area contributed by atoms with Gasteiger partial charge < -0.3 is 15.2 Å². The van der Waals surface area contributed by atoms with Gasteiger partial charge in [-0.1, -0.05) is 30.3 Å². The molecule has 0 aliphatic heterocycles. The molecule has 23 heavy (non-hydrogen) atoms. The number of carbonyl (C=O) groups is 2. The van der Waals surface area contributed by atoms with Gasteiger partial charge in [-0.2, -0.15) is 0 Å². The molecule has 6 heteroatoms. The van der Waals surface area contributed by atoms with Crippen molar-refractivity contribution in [3.05, 3.63) is 35.9 Å². The predicted octanol–water partition coefficient (Wildman–Crippen LogP) is 2.53. The first-order chi connectivity index (χ1) is 10.8. The summed E-state index contributed by atoms with van der Waals surface area (Å²) in [5.41, 5.74) is 0.647. The van der Waals surface area contributed by atoms with Gasteiger partial charge in [0.1, 0.15) is 12.6 Å². The Morgan fingerprint density at radius 2 is 1.87 bits per heavy atom. The summed E-state index contributed by atoms with van der Waals surface area (Å²) in [4.78, 5) is 22.7. The van der Waals surface area contributed by atoms with Gasteiger partial charge in [0.2, 0.25) is 0 Å². The highest BCUT2D eigenvalue weighted by Crippen LogP contribution is 2.06. The maximum Gasteiger partial charge on any atom is 0.407 e. The zero-order valence-corrected chi connectivity index (χ0v) is 14.0. The number of alkyl carbamates (subject to hydrolysis) is 1. The predicted molar refractivity (Wildman–Crippen MR) is 88.2 cm³/mol. The van der Waals surface area contributed by atoms with Gasteiger partial charge in [0.15, 0.2) is 0 Å². The van der Waals surface area contributed by atoms with Crippen molar-refractivity contribution in [3.63, 3.8) is 0 Å². The molecular formula is C17H26N2O4. The molecule has 0 fully saturated rings. The van der Waals surface area contributed by atoms with Crippen LogP contribution in [0.3, 0.4) is 0 Å². The lowest BCUT2D eigenvalue weighted by molar-refractivity contribution is -0.140. The highest BCUT2D eigenvalue weighted by molar-refractivity contribution is 5.73. The van der Waals surface area contributed by atoms with Crippen molar-refractivity contribution in [2.24, 2.45) is 0 Å². The summed E-state index contributed by atoms with van der Waals surface area (Å²) in [5.74, 6) is -0.883. The van der Waals surface area contributed by atoms with E-state index >= 15 is 0 Å². The Morgan fingerprint density at radius 1 is 1.22 bits per heavy atom. The van der Waals surface area contributed by atoms with Crippen molar-refractivity contribution in [2.75, 3.05) is 6.54 Å². The molecule has 1 atom stereocenters. The normalized spacial score (nSPS) is 12.5. The van der Waals surface area contributed by atoms with Crippen molar-refractivity contribution in [3.8, 4) is 0 Å². The van der Waals surface area contributed by atoms with Crippen molar-refractivity contribution in [2.45, 2.75) is 51.8 Å². The van der Waals surface area contributed by atoms with E-state index in [2.05, 4.69) is 10.6 Å². The molecule has 0 aliphatic carbocycles. The minimum Gasteiger partial charge on any atom is -0.480 e. The van der Waals surface area contributed by atoms with Crippen LogP contribution in [0.4, 0.5) is 4.79 Å². The molecule has 0 heterocycles. The zero-order chi connectivity index (χ0) is 17.3. The maximum absolute atomic E-state index is 11.6. The van der Waals surface area contributed by atoms with Crippen LogP contribution >= 0.6 is 0 Å². The largest absolute Gasteiger partial charge is 0.480 e. The van der Waals surface area contributed by atoms with Crippen LogP contribution in [-0.2, 0) is 16.1 Å². The Bertz CT molecular complexity index is 497. The maximum atomic E-state index is 11.6. The number of nitrogens with one attached hydrogen (secondary N) is 2. The highest BCUT2D eigenvalue weighted by Gasteiger charge is 2.22. The molecular weight excluding hydrogens is 296 g/mol. The van der Waals surface area contributed by atoms with Crippen LogP contribution in [0, 0.1) is 0 Å². The molecule has 0 bridgehead atoms. The summed E-state index contributed by atoms with van der Waals surface area (Å²) in [6.07, 6.45) is 0.496. The summed E-state index contributed by atoms with van der Waals surface area (Å²) >= 11 is 0. The lowest BCUT2D eigenvalue weighted by Crippen LogP contribution is -2.48. The van der Waals surface area contributed by atoms with E-state index in [0.717, 1.165) is 5.56 Å². The smallest absolute Gasteiger partial charge is 0.407 e. The molecule has 1 rings (SSSR count). The fourth-order valence-electron chi connectivity index (χ4n) is 2.05. The fourth-order valence-corrected chi connectivity index (χ4v) is 2.05. The number of aliphatic carboxylic acids is 1. The molecule has 3 N–H and O–H groups in total. The molecule has 0 saturated heterocycles. The van der Waals surface area contributed by atoms with Crippen LogP contribution in [0.25, 0.3) is 0 Å². The molecule has 1 amide bonds. The van der Waals surface area contributed by atoms with Gasteiger partial charge in [-0.25, -0.2) is 4.79 Å². The van der Waals surface area contributed by atoms with Gasteiger partial charge >= 0.3 is 12.1 Å². The Hall–Kier alpha value is -2.08. The topological polar surface area (TPSA) is 87.7 Å². The quantitative estimate of drug-likeness (QED) is 0.640. The van der Waals surface area contributed by atoms with Gasteiger partial charge in [0.25, 0.3) is 0 Å². The molecule has 6 nitrogen and oxygen atoms in total. The van der Waals surface area contributed by atoms with E-state index in [1.54, 1.807) is 0 Å². The number of amides is 1. The summed E-state index contributed by atoms with van der Waals surface area (Å²) < 4.78 is 5.08. The number of hydrogen-bond acceptors (Lipinski definition) is 4. The lowest BCUT2D eigenvalue weighted by Gasteiger charge is -2.26. The van der Waals surface area contributed by atoms with E-state index in [4.69, 9.17) is 4.74 Å². The summed E-state index contributed by atoms with van der Waals surface area (Å²) in [6.45, 7) is 6.35. The zero-order valence-electron chi connectivity index (χ0n) is 14.0. The molecule has 0 saturated carbocycles. The van der Waals surface area contributed by atoms with Gasteiger partial charge in [0.05, 0.1) is 0 Å². The van der Waals surface area contributed by atoms with E-state index in [-0.39, 0.29) is 12.1 Å². The first-order valence-corrected chi connectivity index (χ1v) is 7.73. The number of carbonyl (C=O) groups excluding carboxylic acids is 1. The molecule has 0 aliphatic rings. The first kappa shape index (κ1) is 19.0. The monoisotopic (exact) mass is 322 g/mol. The number of carboxylic acid groups (broad SMARTS) is 1. The third kappa shape index (κ3) is 8.83. The van der Waals surface area contributed by atoms with Crippen molar-refractivity contribution in [1.82, 2.24) is 10.6 Å². The number of carboxylic acids is 1. The van der Waals surface area contributed by atoms with Crippen LogP contribution in [0.5, 0.6) is 0 Å². The third-order valence-corrected chi connectivity index (χ3v) is 3.06. The van der Waals surface area contributed by atoms with Crippen LogP contribution in [0.15, 0.2) is 30.3 Å². The molecule has 0 spiro atoms. The highest BCUT2D eigenvalue weighted by atomic mass is 16.5. The number of hydrogen-bond donors (Lipinski definition) is 3. The Morgan fingerprint density at radius 3 is 2.43 bits per heavy atom. The van der Waals surface area contributed by atoms with Crippen LogP contribution in [-0.4, -0.2) is 35.3 Å². The number of ether oxygens (including phenoxy) is 1. The average molecular weight is 322 g/mol. The Labute approximate surface area is 137 Å². The number of benzene rings is 1. The number of rotatable bonds is 8. The summed E-state index contributed by atoms with van der Waals surface area (Å²) in [7, 11) is 0. The van der Waals surface area contributed by atoms with E-state index in [1.807, 2.05) is 51.1 Å². The standard InChI is InChI=1S/C17H26N2O4/c1-17(2,3)19-14(15(20)21)10-7-11-18-16(22)23-12-13-8-5-4-6-9-13/h4-6,8-9,14,19H,7,10-12H2,1-3H3,(H,18,22)(H,20,21)/t14-/m0/s1. The van der Waals surface area contributed by atoms with Gasteiger partial charge in [-0.05, 0) is 39.2 Å².